The Hall–Kier alpha value is -1.07. The van der Waals surface area contributed by atoms with E-state index in [-0.39, 0.29) is 4.90 Å². The Morgan fingerprint density at radius 3 is 2.61 bits per heavy atom. The number of sulfone groups is 1. The Kier molecular flexibility index (Phi) is 3.92. The topological polar surface area (TPSA) is 72.2 Å². The molecule has 1 heterocycles. The van der Waals surface area contributed by atoms with Gasteiger partial charge in [-0.3, -0.25) is 0 Å². The van der Waals surface area contributed by atoms with Crippen LogP contribution in [0.15, 0.2) is 23.1 Å². The molecule has 1 aromatic carbocycles. The second kappa shape index (κ2) is 5.28. The fourth-order valence-electron chi connectivity index (χ4n) is 2.45. The molecule has 0 unspecified atom stereocenters. The molecule has 1 aliphatic heterocycles. The van der Waals surface area contributed by atoms with Crippen LogP contribution in [-0.4, -0.2) is 27.8 Å². The van der Waals surface area contributed by atoms with Gasteiger partial charge in [0.25, 0.3) is 0 Å². The Morgan fingerprint density at radius 1 is 1.33 bits per heavy atom. The minimum atomic E-state index is -3.23. The summed E-state index contributed by atoms with van der Waals surface area (Å²) in [6, 6.07) is 5.37. The molecule has 4 nitrogen and oxygen atoms in total. The second-order valence-electron chi connectivity index (χ2n) is 5.04. The largest absolute Gasteiger partial charge is 0.398 e. The number of hydrogen-bond donors (Lipinski definition) is 2. The van der Waals surface area contributed by atoms with Crippen molar-refractivity contribution >= 4 is 15.5 Å². The zero-order valence-electron chi connectivity index (χ0n) is 10.6. The minimum absolute atomic E-state index is 0.258. The highest BCUT2D eigenvalue weighted by Gasteiger charge is 2.16. The van der Waals surface area contributed by atoms with Crippen LogP contribution in [0, 0.1) is 5.92 Å². The molecule has 0 aromatic heterocycles. The molecule has 0 saturated carbocycles. The molecule has 18 heavy (non-hydrogen) atoms. The number of rotatable bonds is 3. The van der Waals surface area contributed by atoms with Gasteiger partial charge in [-0.2, -0.15) is 0 Å². The highest BCUT2D eigenvalue weighted by Crippen LogP contribution is 2.23. The van der Waals surface area contributed by atoms with E-state index in [9.17, 15) is 8.42 Å². The number of anilines is 1. The van der Waals surface area contributed by atoms with Gasteiger partial charge in [0.1, 0.15) is 0 Å². The van der Waals surface area contributed by atoms with Crippen LogP contribution >= 0.6 is 0 Å². The first-order valence-corrected chi connectivity index (χ1v) is 8.15. The van der Waals surface area contributed by atoms with E-state index >= 15 is 0 Å². The molecule has 0 aliphatic carbocycles. The normalized spacial score (nSPS) is 17.8. The molecule has 1 saturated heterocycles. The van der Waals surface area contributed by atoms with Crippen LogP contribution in [0.1, 0.15) is 18.4 Å². The molecule has 1 aromatic rings. The summed E-state index contributed by atoms with van der Waals surface area (Å²) in [6.07, 6.45) is 4.44. The lowest BCUT2D eigenvalue weighted by Gasteiger charge is -2.22. The Morgan fingerprint density at radius 2 is 2.00 bits per heavy atom. The first-order valence-electron chi connectivity index (χ1n) is 6.26. The van der Waals surface area contributed by atoms with Crippen molar-refractivity contribution in [2.45, 2.75) is 24.2 Å². The van der Waals surface area contributed by atoms with E-state index in [2.05, 4.69) is 5.32 Å². The lowest BCUT2D eigenvalue weighted by atomic mass is 9.91. The average Bonchev–Trinajstić information content (AvgIpc) is 2.31. The van der Waals surface area contributed by atoms with Crippen molar-refractivity contribution in [2.75, 3.05) is 25.1 Å². The van der Waals surface area contributed by atoms with Gasteiger partial charge in [-0.1, -0.05) is 6.07 Å². The number of piperidine rings is 1. The number of nitrogens with one attached hydrogen (secondary N) is 1. The van der Waals surface area contributed by atoms with Gasteiger partial charge < -0.3 is 11.1 Å². The van der Waals surface area contributed by atoms with Crippen molar-refractivity contribution in [1.82, 2.24) is 5.32 Å². The van der Waals surface area contributed by atoms with Crippen LogP contribution < -0.4 is 11.1 Å². The van der Waals surface area contributed by atoms with Gasteiger partial charge >= 0.3 is 0 Å². The van der Waals surface area contributed by atoms with E-state index in [0.717, 1.165) is 37.9 Å². The summed E-state index contributed by atoms with van der Waals surface area (Å²) in [7, 11) is -3.23. The van der Waals surface area contributed by atoms with E-state index in [1.54, 1.807) is 12.1 Å². The van der Waals surface area contributed by atoms with Crippen molar-refractivity contribution < 1.29 is 8.42 Å². The number of nitrogen functional groups attached to an aromatic ring is 1. The smallest absolute Gasteiger partial charge is 0.177 e. The fourth-order valence-corrected chi connectivity index (χ4v) is 3.31. The third kappa shape index (κ3) is 3.23. The van der Waals surface area contributed by atoms with E-state index in [4.69, 9.17) is 5.73 Å². The van der Waals surface area contributed by atoms with Crippen molar-refractivity contribution in [3.05, 3.63) is 23.8 Å². The Labute approximate surface area is 108 Å². The summed E-state index contributed by atoms with van der Waals surface area (Å²) in [5, 5.41) is 3.33. The lowest BCUT2D eigenvalue weighted by molar-refractivity contribution is 0.372. The molecule has 100 valence electrons. The monoisotopic (exact) mass is 268 g/mol. The van der Waals surface area contributed by atoms with Gasteiger partial charge in [-0.15, -0.1) is 0 Å². The van der Waals surface area contributed by atoms with Gasteiger partial charge in [0.15, 0.2) is 9.84 Å². The quantitative estimate of drug-likeness (QED) is 0.808. The number of nitrogens with two attached hydrogens (primary N) is 1. The molecule has 1 fully saturated rings. The van der Waals surface area contributed by atoms with Crippen LogP contribution in [0.4, 0.5) is 5.69 Å². The van der Waals surface area contributed by atoms with Crippen LogP contribution in [0.25, 0.3) is 0 Å². The van der Waals surface area contributed by atoms with Crippen LogP contribution in [0.2, 0.25) is 0 Å². The summed E-state index contributed by atoms with van der Waals surface area (Å²) in [5.74, 6) is 0.641. The van der Waals surface area contributed by atoms with E-state index in [0.29, 0.717) is 11.6 Å². The van der Waals surface area contributed by atoms with Gasteiger partial charge in [0.2, 0.25) is 0 Å². The second-order valence-corrected chi connectivity index (χ2v) is 7.03. The summed E-state index contributed by atoms with van der Waals surface area (Å²) >= 11 is 0. The Balaban J connectivity index is 2.19. The van der Waals surface area contributed by atoms with Crippen molar-refractivity contribution in [2.24, 2.45) is 5.92 Å². The highest BCUT2D eigenvalue weighted by molar-refractivity contribution is 7.90. The third-order valence-electron chi connectivity index (χ3n) is 3.46. The summed E-state index contributed by atoms with van der Waals surface area (Å²) in [6.45, 7) is 2.11. The van der Waals surface area contributed by atoms with Gasteiger partial charge in [-0.25, -0.2) is 8.42 Å². The molecular formula is C13H20N2O2S. The zero-order valence-corrected chi connectivity index (χ0v) is 11.5. The predicted octanol–water partition coefficient (Wildman–Crippen LogP) is 1.21. The Bertz CT molecular complexity index is 520. The minimum Gasteiger partial charge on any atom is -0.398 e. The highest BCUT2D eigenvalue weighted by atomic mass is 32.2. The first-order chi connectivity index (χ1) is 8.47. The van der Waals surface area contributed by atoms with Gasteiger partial charge in [0, 0.05) is 6.26 Å². The van der Waals surface area contributed by atoms with Crippen molar-refractivity contribution in [3.8, 4) is 0 Å². The fraction of sp³-hybridized carbons (Fsp3) is 0.538. The molecule has 1 aliphatic rings. The molecule has 2 rings (SSSR count). The molecular weight excluding hydrogens is 248 g/mol. The van der Waals surface area contributed by atoms with Crippen LogP contribution in [0.3, 0.4) is 0 Å². The standard InChI is InChI=1S/C13H20N2O2S/c1-18(16,17)13-9-11(2-3-12(13)14)8-10-4-6-15-7-5-10/h2-3,9-10,15H,4-8,14H2,1H3. The molecule has 0 radical (unpaired) electrons. The lowest BCUT2D eigenvalue weighted by Crippen LogP contribution is -2.28. The molecule has 0 spiro atoms. The maximum atomic E-state index is 11.6. The van der Waals surface area contributed by atoms with E-state index in [1.807, 2.05) is 6.07 Å². The first kappa shape index (κ1) is 13.4. The molecule has 3 N–H and O–H groups in total. The average molecular weight is 268 g/mol. The number of benzene rings is 1. The summed E-state index contributed by atoms with van der Waals surface area (Å²) < 4.78 is 23.2. The molecule has 0 atom stereocenters. The maximum Gasteiger partial charge on any atom is 0.177 e. The number of hydrogen-bond acceptors (Lipinski definition) is 4. The van der Waals surface area contributed by atoms with Gasteiger partial charge in [-0.05, 0) is 56.0 Å². The summed E-state index contributed by atoms with van der Waals surface area (Å²) in [5.41, 5.74) is 7.13. The maximum absolute atomic E-state index is 11.6. The molecule has 0 amide bonds. The van der Waals surface area contributed by atoms with Crippen molar-refractivity contribution in [1.29, 1.82) is 0 Å². The zero-order chi connectivity index (χ0) is 13.2. The van der Waals surface area contributed by atoms with Crippen LogP contribution in [0.5, 0.6) is 0 Å². The van der Waals surface area contributed by atoms with Crippen LogP contribution in [-0.2, 0) is 16.3 Å². The summed E-state index contributed by atoms with van der Waals surface area (Å²) in [4.78, 5) is 0.258. The SMILES string of the molecule is CS(=O)(=O)c1cc(CC2CCNCC2)ccc1N. The molecule has 0 bridgehead atoms. The predicted molar refractivity (Wildman–Crippen MR) is 73.3 cm³/mol. The van der Waals surface area contributed by atoms with E-state index < -0.39 is 9.84 Å². The molecule has 5 heteroatoms. The third-order valence-corrected chi connectivity index (χ3v) is 4.61. The van der Waals surface area contributed by atoms with Crippen molar-refractivity contribution in [3.63, 3.8) is 0 Å². The van der Waals surface area contributed by atoms with Gasteiger partial charge in [0.05, 0.1) is 10.6 Å². The van der Waals surface area contributed by atoms with E-state index in [1.165, 1.54) is 6.26 Å².